The largest absolute Gasteiger partial charge is 0.337 e. The Morgan fingerprint density at radius 1 is 1.38 bits per heavy atom. The van der Waals surface area contributed by atoms with E-state index in [4.69, 9.17) is 5.26 Å². The molecule has 7 nitrogen and oxygen atoms in total. The van der Waals surface area contributed by atoms with Crippen molar-refractivity contribution < 1.29 is 17.6 Å². The van der Waals surface area contributed by atoms with Crippen LogP contribution in [0.1, 0.15) is 5.56 Å². The minimum atomic E-state index is -4.02. The second-order valence-electron chi connectivity index (χ2n) is 4.25. The number of amides is 2. The molecule has 0 saturated carbocycles. The summed E-state index contributed by atoms with van der Waals surface area (Å²) in [5, 5.41) is 11.3. The third-order valence-corrected chi connectivity index (χ3v) is 3.98. The van der Waals surface area contributed by atoms with Crippen LogP contribution < -0.4 is 10.0 Å². The van der Waals surface area contributed by atoms with Crippen molar-refractivity contribution in [2.24, 2.45) is 0 Å². The monoisotopic (exact) mass is 314 g/mol. The predicted octanol–water partition coefficient (Wildman–Crippen LogP) is 0.247. The van der Waals surface area contributed by atoms with E-state index >= 15 is 0 Å². The molecular formula is C12H15FN4O3S. The van der Waals surface area contributed by atoms with Crippen LogP contribution in [0.4, 0.5) is 9.18 Å². The summed E-state index contributed by atoms with van der Waals surface area (Å²) in [5.74, 6) is -0.902. The van der Waals surface area contributed by atoms with Crippen molar-refractivity contribution in [2.45, 2.75) is 4.90 Å². The number of benzene rings is 1. The molecule has 0 aromatic heterocycles. The number of nitrogens with one attached hydrogen (secondary N) is 2. The quantitative estimate of drug-likeness (QED) is 0.760. The van der Waals surface area contributed by atoms with E-state index in [1.165, 1.54) is 17.0 Å². The van der Waals surface area contributed by atoms with Crippen LogP contribution in [-0.2, 0) is 10.0 Å². The Labute approximate surface area is 122 Å². The topological polar surface area (TPSA) is 102 Å². The Morgan fingerprint density at radius 2 is 2.05 bits per heavy atom. The maximum atomic E-state index is 13.4. The van der Waals surface area contributed by atoms with Crippen LogP contribution in [0.5, 0.6) is 0 Å². The minimum Gasteiger partial charge on any atom is -0.337 e. The normalized spacial score (nSPS) is 10.8. The van der Waals surface area contributed by atoms with E-state index in [1.807, 2.05) is 0 Å². The Morgan fingerprint density at radius 3 is 2.62 bits per heavy atom. The zero-order valence-corrected chi connectivity index (χ0v) is 12.4. The van der Waals surface area contributed by atoms with E-state index in [9.17, 15) is 17.6 Å². The molecule has 0 bridgehead atoms. The highest BCUT2D eigenvalue weighted by molar-refractivity contribution is 7.89. The SMILES string of the molecule is CN(C)C(=O)NCCNS(=O)(=O)c1cccc(F)c1C#N. The van der Waals surface area contributed by atoms with Gasteiger partial charge in [0.15, 0.2) is 0 Å². The Balaban J connectivity index is 2.74. The van der Waals surface area contributed by atoms with E-state index in [2.05, 4.69) is 10.0 Å². The van der Waals surface area contributed by atoms with Crippen molar-refractivity contribution in [1.29, 1.82) is 5.26 Å². The molecule has 0 radical (unpaired) electrons. The second kappa shape index (κ2) is 7.01. The van der Waals surface area contributed by atoms with Crippen molar-refractivity contribution >= 4 is 16.1 Å². The molecule has 0 fully saturated rings. The van der Waals surface area contributed by atoms with Crippen LogP contribution in [0, 0.1) is 17.1 Å². The van der Waals surface area contributed by atoms with Gasteiger partial charge < -0.3 is 10.2 Å². The van der Waals surface area contributed by atoms with Gasteiger partial charge in [0.05, 0.1) is 0 Å². The fourth-order valence-electron chi connectivity index (χ4n) is 1.43. The maximum absolute atomic E-state index is 13.4. The van der Waals surface area contributed by atoms with Gasteiger partial charge in [0.1, 0.15) is 22.3 Å². The molecule has 1 aromatic carbocycles. The highest BCUT2D eigenvalue weighted by Gasteiger charge is 2.20. The summed E-state index contributed by atoms with van der Waals surface area (Å²) in [6.45, 7) is -0.0171. The number of hydrogen-bond acceptors (Lipinski definition) is 4. The van der Waals surface area contributed by atoms with Gasteiger partial charge in [0.25, 0.3) is 0 Å². The first-order chi connectivity index (χ1) is 9.79. The van der Waals surface area contributed by atoms with Crippen LogP contribution in [0.3, 0.4) is 0 Å². The highest BCUT2D eigenvalue weighted by atomic mass is 32.2. The summed E-state index contributed by atoms with van der Waals surface area (Å²) in [4.78, 5) is 12.1. The summed E-state index contributed by atoms with van der Waals surface area (Å²) in [6, 6.07) is 4.52. The van der Waals surface area contributed by atoms with Crippen LogP contribution >= 0.6 is 0 Å². The summed E-state index contributed by atoms with van der Waals surface area (Å²) < 4.78 is 39.6. The number of hydrogen-bond donors (Lipinski definition) is 2. The molecule has 21 heavy (non-hydrogen) atoms. The Kier molecular flexibility index (Phi) is 5.63. The lowest BCUT2D eigenvalue weighted by Gasteiger charge is -2.12. The van der Waals surface area contributed by atoms with Gasteiger partial charge in [-0.3, -0.25) is 0 Å². The van der Waals surface area contributed by atoms with Crippen molar-refractivity contribution in [3.63, 3.8) is 0 Å². The molecule has 0 heterocycles. The summed E-state index contributed by atoms with van der Waals surface area (Å²) in [6.07, 6.45) is 0. The van der Waals surface area contributed by atoms with Crippen molar-refractivity contribution in [3.8, 4) is 6.07 Å². The van der Waals surface area contributed by atoms with Crippen molar-refractivity contribution in [3.05, 3.63) is 29.6 Å². The first-order valence-corrected chi connectivity index (χ1v) is 7.41. The Bertz CT molecular complexity index is 668. The number of carbonyl (C=O) groups is 1. The first-order valence-electron chi connectivity index (χ1n) is 5.93. The van der Waals surface area contributed by atoms with E-state index < -0.39 is 26.3 Å². The molecule has 0 aliphatic carbocycles. The zero-order valence-electron chi connectivity index (χ0n) is 11.6. The summed E-state index contributed by atoms with van der Waals surface area (Å²) >= 11 is 0. The van der Waals surface area contributed by atoms with Gasteiger partial charge in [0, 0.05) is 27.2 Å². The molecule has 2 amide bonds. The van der Waals surface area contributed by atoms with Crippen LogP contribution in [0.2, 0.25) is 0 Å². The minimum absolute atomic E-state index is 0.0629. The molecule has 0 aliphatic rings. The summed E-state index contributed by atoms with van der Waals surface area (Å²) in [5.41, 5.74) is -0.540. The molecule has 0 saturated heterocycles. The molecule has 0 aliphatic heterocycles. The van der Waals surface area contributed by atoms with Gasteiger partial charge in [0.2, 0.25) is 10.0 Å². The molecule has 9 heteroatoms. The van der Waals surface area contributed by atoms with Gasteiger partial charge in [-0.15, -0.1) is 0 Å². The first kappa shape index (κ1) is 16.9. The number of rotatable bonds is 5. The van der Waals surface area contributed by atoms with E-state index in [1.54, 1.807) is 14.1 Å². The van der Waals surface area contributed by atoms with Gasteiger partial charge in [-0.05, 0) is 12.1 Å². The molecule has 1 aromatic rings. The predicted molar refractivity (Wildman–Crippen MR) is 73.4 cm³/mol. The van der Waals surface area contributed by atoms with E-state index in [0.717, 1.165) is 12.1 Å². The van der Waals surface area contributed by atoms with Gasteiger partial charge in [-0.1, -0.05) is 6.07 Å². The molecule has 0 unspecified atom stereocenters. The lowest BCUT2D eigenvalue weighted by Crippen LogP contribution is -2.39. The Hall–Kier alpha value is -2.18. The molecular weight excluding hydrogens is 299 g/mol. The van der Waals surface area contributed by atoms with Gasteiger partial charge >= 0.3 is 6.03 Å². The third-order valence-electron chi connectivity index (χ3n) is 2.48. The van der Waals surface area contributed by atoms with Crippen LogP contribution in [0.25, 0.3) is 0 Å². The van der Waals surface area contributed by atoms with E-state index in [-0.39, 0.29) is 19.1 Å². The fraction of sp³-hybridized carbons (Fsp3) is 0.333. The second-order valence-corrected chi connectivity index (χ2v) is 5.98. The molecule has 0 spiro atoms. The lowest BCUT2D eigenvalue weighted by atomic mass is 10.2. The standard InChI is InChI=1S/C12H15FN4O3S/c1-17(2)12(18)15-6-7-16-21(19,20)11-5-3-4-10(13)9(11)8-14/h3-5,16H,6-7H2,1-2H3,(H,15,18). The number of nitriles is 1. The number of halogens is 1. The summed E-state index contributed by atoms with van der Waals surface area (Å²) in [7, 11) is -0.927. The number of sulfonamides is 1. The van der Waals surface area contributed by atoms with Crippen molar-refractivity contribution in [1.82, 2.24) is 14.9 Å². The average Bonchev–Trinajstić information content (AvgIpc) is 2.42. The zero-order chi connectivity index (χ0) is 16.0. The van der Waals surface area contributed by atoms with Gasteiger partial charge in [-0.2, -0.15) is 5.26 Å². The molecule has 2 N–H and O–H groups in total. The molecule has 0 atom stereocenters. The van der Waals surface area contributed by atoms with E-state index in [0.29, 0.717) is 0 Å². The third kappa shape index (κ3) is 4.40. The number of urea groups is 1. The number of nitrogens with zero attached hydrogens (tertiary/aromatic N) is 2. The molecule has 1 rings (SSSR count). The fourth-order valence-corrected chi connectivity index (χ4v) is 2.62. The average molecular weight is 314 g/mol. The smallest absolute Gasteiger partial charge is 0.316 e. The lowest BCUT2D eigenvalue weighted by molar-refractivity contribution is 0.217. The van der Waals surface area contributed by atoms with Crippen molar-refractivity contribution in [2.75, 3.05) is 27.2 Å². The maximum Gasteiger partial charge on any atom is 0.316 e. The van der Waals surface area contributed by atoms with Crippen LogP contribution in [0.15, 0.2) is 23.1 Å². The highest BCUT2D eigenvalue weighted by Crippen LogP contribution is 2.17. The number of carbonyl (C=O) groups excluding carboxylic acids is 1. The molecule has 114 valence electrons. The van der Waals surface area contributed by atoms with Gasteiger partial charge in [-0.25, -0.2) is 22.3 Å². The van der Waals surface area contributed by atoms with Crippen LogP contribution in [-0.4, -0.2) is 46.5 Å².